The molecule has 8 heteroatoms. The Balaban J connectivity index is 1.65. The minimum atomic E-state index is -0.565. The van der Waals surface area contributed by atoms with Crippen LogP contribution in [-0.2, 0) is 21.9 Å². The highest BCUT2D eigenvalue weighted by molar-refractivity contribution is 7.99. The highest BCUT2D eigenvalue weighted by Crippen LogP contribution is 2.25. The third kappa shape index (κ3) is 7.31. The van der Waals surface area contributed by atoms with Gasteiger partial charge in [-0.15, -0.1) is 11.8 Å². The van der Waals surface area contributed by atoms with E-state index in [4.69, 9.17) is 34.8 Å². The second kappa shape index (κ2) is 12.2. The summed E-state index contributed by atoms with van der Waals surface area (Å²) in [7, 11) is 0. The molecule has 3 rings (SSSR count). The number of nitrogens with one attached hydrogen (secondary N) is 1. The Hall–Kier alpha value is -1.40. The Bertz CT molecular complexity index is 933. The second-order valence-corrected chi connectivity index (χ2v) is 10.3. The first-order chi connectivity index (χ1) is 15.3. The fraction of sp³-hybridized carbons (Fsp3) is 0.417. The Morgan fingerprint density at radius 1 is 1.03 bits per heavy atom. The average Bonchev–Trinajstić information content (AvgIpc) is 3.28. The molecule has 1 N–H and O–H groups in total. The summed E-state index contributed by atoms with van der Waals surface area (Å²) in [6.07, 6.45) is 4.28. The minimum absolute atomic E-state index is 0.0842. The molecule has 4 nitrogen and oxygen atoms in total. The van der Waals surface area contributed by atoms with Crippen LogP contribution >= 0.6 is 46.6 Å². The monoisotopic (exact) mass is 512 g/mol. The van der Waals surface area contributed by atoms with Crippen molar-refractivity contribution in [3.8, 4) is 0 Å². The standard InChI is InChI=1S/C24H27Cl3N2O2S/c1-16(24(31)28-20-4-2-3-5-20)29(13-17-6-9-19(25)10-7-17)23(30)15-32-14-18-8-11-21(26)22(27)12-18/h6-12,16,20H,2-5,13-15H2,1H3,(H,28,31)/t16-/m0/s1. The van der Waals surface area contributed by atoms with Gasteiger partial charge in [0.15, 0.2) is 0 Å². The van der Waals surface area contributed by atoms with Crippen LogP contribution in [0.1, 0.15) is 43.7 Å². The molecule has 172 valence electrons. The Labute approximate surface area is 209 Å². The number of carbonyl (C=O) groups is 2. The fourth-order valence-electron chi connectivity index (χ4n) is 3.73. The normalized spacial score (nSPS) is 14.9. The van der Waals surface area contributed by atoms with Gasteiger partial charge >= 0.3 is 0 Å². The van der Waals surface area contributed by atoms with Crippen LogP contribution in [0.2, 0.25) is 15.1 Å². The van der Waals surface area contributed by atoms with Gasteiger partial charge in [-0.2, -0.15) is 0 Å². The topological polar surface area (TPSA) is 49.4 Å². The van der Waals surface area contributed by atoms with Gasteiger partial charge in [-0.05, 0) is 55.2 Å². The second-order valence-electron chi connectivity index (χ2n) is 8.06. The van der Waals surface area contributed by atoms with Crippen LogP contribution in [0.5, 0.6) is 0 Å². The van der Waals surface area contributed by atoms with Crippen LogP contribution in [-0.4, -0.2) is 34.6 Å². The van der Waals surface area contributed by atoms with Crippen molar-refractivity contribution >= 4 is 58.4 Å². The predicted octanol–water partition coefficient (Wildman–Crippen LogP) is 6.36. The van der Waals surface area contributed by atoms with Crippen molar-refractivity contribution in [2.75, 3.05) is 5.75 Å². The van der Waals surface area contributed by atoms with E-state index in [0.717, 1.165) is 36.8 Å². The van der Waals surface area contributed by atoms with Gasteiger partial charge in [-0.3, -0.25) is 9.59 Å². The zero-order chi connectivity index (χ0) is 23.1. The van der Waals surface area contributed by atoms with Crippen molar-refractivity contribution in [2.45, 2.75) is 57.0 Å². The van der Waals surface area contributed by atoms with E-state index in [-0.39, 0.29) is 23.6 Å². The lowest BCUT2D eigenvalue weighted by Gasteiger charge is -2.29. The predicted molar refractivity (Wildman–Crippen MR) is 134 cm³/mol. The molecule has 0 unspecified atom stereocenters. The van der Waals surface area contributed by atoms with Crippen molar-refractivity contribution in [3.05, 3.63) is 68.7 Å². The molecule has 0 bridgehead atoms. The number of rotatable bonds is 9. The zero-order valence-corrected chi connectivity index (χ0v) is 21.0. The molecule has 2 aromatic rings. The number of thioether (sulfide) groups is 1. The molecule has 32 heavy (non-hydrogen) atoms. The maximum atomic E-state index is 13.2. The number of halogens is 3. The van der Waals surface area contributed by atoms with E-state index < -0.39 is 6.04 Å². The molecule has 1 saturated carbocycles. The van der Waals surface area contributed by atoms with E-state index in [9.17, 15) is 9.59 Å². The molecular formula is C24H27Cl3N2O2S. The number of hydrogen-bond donors (Lipinski definition) is 1. The van der Waals surface area contributed by atoms with Crippen LogP contribution in [0, 0.1) is 0 Å². The van der Waals surface area contributed by atoms with E-state index in [2.05, 4.69) is 5.32 Å². The molecule has 0 saturated heterocycles. The quantitative estimate of drug-likeness (QED) is 0.425. The molecule has 1 fully saturated rings. The summed E-state index contributed by atoms with van der Waals surface area (Å²) < 4.78 is 0. The van der Waals surface area contributed by atoms with Gasteiger partial charge in [0.25, 0.3) is 0 Å². The molecule has 0 aromatic heterocycles. The van der Waals surface area contributed by atoms with Crippen molar-refractivity contribution in [1.82, 2.24) is 10.2 Å². The first-order valence-electron chi connectivity index (χ1n) is 10.7. The molecule has 0 spiro atoms. The van der Waals surface area contributed by atoms with Gasteiger partial charge in [0.2, 0.25) is 11.8 Å². The molecular weight excluding hydrogens is 487 g/mol. The maximum Gasteiger partial charge on any atom is 0.242 e. The SMILES string of the molecule is C[C@@H](C(=O)NC1CCCC1)N(Cc1ccc(Cl)cc1)C(=O)CSCc1ccc(Cl)c(Cl)c1. The first-order valence-corrected chi connectivity index (χ1v) is 13.0. The van der Waals surface area contributed by atoms with Crippen molar-refractivity contribution in [3.63, 3.8) is 0 Å². The molecule has 1 aliphatic carbocycles. The van der Waals surface area contributed by atoms with Crippen molar-refractivity contribution < 1.29 is 9.59 Å². The summed E-state index contributed by atoms with van der Waals surface area (Å²) in [4.78, 5) is 27.7. The van der Waals surface area contributed by atoms with Gasteiger partial charge in [-0.25, -0.2) is 0 Å². The molecule has 2 aromatic carbocycles. The van der Waals surface area contributed by atoms with Crippen LogP contribution in [0.15, 0.2) is 42.5 Å². The van der Waals surface area contributed by atoms with Gasteiger partial charge in [0.1, 0.15) is 6.04 Å². The first kappa shape index (κ1) is 25.2. The van der Waals surface area contributed by atoms with Gasteiger partial charge in [-0.1, -0.05) is 65.8 Å². The number of nitrogens with zero attached hydrogens (tertiary/aromatic N) is 1. The fourth-order valence-corrected chi connectivity index (χ4v) is 5.03. The smallest absolute Gasteiger partial charge is 0.242 e. The van der Waals surface area contributed by atoms with Gasteiger partial charge < -0.3 is 10.2 Å². The van der Waals surface area contributed by atoms with Crippen molar-refractivity contribution in [2.24, 2.45) is 0 Å². The number of amides is 2. The van der Waals surface area contributed by atoms with Crippen LogP contribution in [0.25, 0.3) is 0 Å². The Kier molecular flexibility index (Phi) is 9.60. The lowest BCUT2D eigenvalue weighted by Crippen LogP contribution is -2.50. The average molecular weight is 514 g/mol. The van der Waals surface area contributed by atoms with E-state index in [1.165, 1.54) is 11.8 Å². The van der Waals surface area contributed by atoms with Crippen molar-refractivity contribution in [1.29, 1.82) is 0 Å². The summed E-state index contributed by atoms with van der Waals surface area (Å²) in [5, 5.41) is 4.75. The molecule has 0 radical (unpaired) electrons. The number of hydrogen-bond acceptors (Lipinski definition) is 3. The number of benzene rings is 2. The number of carbonyl (C=O) groups excluding carboxylic acids is 2. The van der Waals surface area contributed by atoms with Gasteiger partial charge in [0.05, 0.1) is 15.8 Å². The van der Waals surface area contributed by atoms with Crippen LogP contribution in [0.4, 0.5) is 0 Å². The minimum Gasteiger partial charge on any atom is -0.352 e. The third-order valence-corrected chi connectivity index (χ3v) is 7.59. The summed E-state index contributed by atoms with van der Waals surface area (Å²) in [6.45, 7) is 2.14. The Morgan fingerprint density at radius 3 is 2.34 bits per heavy atom. The summed E-state index contributed by atoms with van der Waals surface area (Å²) in [5.74, 6) is 0.697. The lowest BCUT2D eigenvalue weighted by atomic mass is 10.1. The highest BCUT2D eigenvalue weighted by atomic mass is 35.5. The summed E-state index contributed by atoms with van der Waals surface area (Å²) >= 11 is 19.5. The molecule has 2 amide bonds. The van der Waals surface area contributed by atoms with Gasteiger partial charge in [0, 0.05) is 23.4 Å². The lowest BCUT2D eigenvalue weighted by molar-refractivity contribution is -0.138. The maximum absolute atomic E-state index is 13.2. The van der Waals surface area contributed by atoms with E-state index in [1.54, 1.807) is 30.0 Å². The van der Waals surface area contributed by atoms with Crippen LogP contribution < -0.4 is 5.32 Å². The zero-order valence-electron chi connectivity index (χ0n) is 18.0. The van der Waals surface area contributed by atoms with E-state index >= 15 is 0 Å². The summed E-state index contributed by atoms with van der Waals surface area (Å²) in [5.41, 5.74) is 1.92. The molecule has 0 aliphatic heterocycles. The molecule has 1 atom stereocenters. The third-order valence-electron chi connectivity index (χ3n) is 5.61. The Morgan fingerprint density at radius 2 is 1.69 bits per heavy atom. The highest BCUT2D eigenvalue weighted by Gasteiger charge is 2.28. The molecule has 1 aliphatic rings. The largest absolute Gasteiger partial charge is 0.352 e. The van der Waals surface area contributed by atoms with Crippen LogP contribution in [0.3, 0.4) is 0 Å². The molecule has 0 heterocycles. The van der Waals surface area contributed by atoms with E-state index in [0.29, 0.717) is 27.4 Å². The van der Waals surface area contributed by atoms with E-state index in [1.807, 2.05) is 24.3 Å². The summed E-state index contributed by atoms with van der Waals surface area (Å²) in [6, 6.07) is 12.5.